The third-order valence-corrected chi connectivity index (χ3v) is 5.47. The summed E-state index contributed by atoms with van der Waals surface area (Å²) >= 11 is 2.84. The first-order valence-electron chi connectivity index (χ1n) is 7.30. The lowest BCUT2D eigenvalue weighted by molar-refractivity contribution is -0.118. The van der Waals surface area contributed by atoms with Crippen molar-refractivity contribution in [1.82, 2.24) is 10.4 Å². The lowest BCUT2D eigenvalue weighted by Crippen LogP contribution is -2.21. The molecule has 0 unspecified atom stereocenters. The summed E-state index contributed by atoms with van der Waals surface area (Å²) in [7, 11) is 0. The monoisotopic (exact) mass is 377 g/mol. The van der Waals surface area contributed by atoms with Crippen LogP contribution in [0.1, 0.15) is 12.5 Å². The molecule has 0 aliphatic rings. The molecular formula is C17H13F2N3OS2. The molecule has 1 amide bonds. The summed E-state index contributed by atoms with van der Waals surface area (Å²) in [6.45, 7) is 1.60. The van der Waals surface area contributed by atoms with Gasteiger partial charge in [-0.3, -0.25) is 4.79 Å². The third kappa shape index (κ3) is 4.40. The Kier molecular flexibility index (Phi) is 5.40. The van der Waals surface area contributed by atoms with Gasteiger partial charge in [0.15, 0.2) is 16.0 Å². The molecular weight excluding hydrogens is 364 g/mol. The van der Waals surface area contributed by atoms with Gasteiger partial charge >= 0.3 is 0 Å². The standard InChI is InChI=1S/C17H13F2N3OS2/c1-10(11-6-7-12(18)13(19)8-11)21-22-16(23)9-24-17-20-14-4-2-3-5-15(14)25-17/h2-8H,9H2,1H3,(H,22,23)/b21-10+. The first kappa shape index (κ1) is 17.5. The molecule has 0 aliphatic carbocycles. The average molecular weight is 377 g/mol. The van der Waals surface area contributed by atoms with Gasteiger partial charge in [-0.15, -0.1) is 11.3 Å². The van der Waals surface area contributed by atoms with E-state index in [-0.39, 0.29) is 11.7 Å². The highest BCUT2D eigenvalue weighted by molar-refractivity contribution is 8.01. The number of rotatable bonds is 5. The molecule has 8 heteroatoms. The van der Waals surface area contributed by atoms with Crippen molar-refractivity contribution in [2.75, 3.05) is 5.75 Å². The van der Waals surface area contributed by atoms with Gasteiger partial charge in [0.25, 0.3) is 5.91 Å². The number of nitrogens with one attached hydrogen (secondary N) is 1. The molecule has 1 N–H and O–H groups in total. The molecule has 0 fully saturated rings. The minimum atomic E-state index is -0.954. The molecule has 0 aliphatic heterocycles. The number of para-hydroxylation sites is 1. The van der Waals surface area contributed by atoms with Gasteiger partial charge in [-0.05, 0) is 37.3 Å². The molecule has 4 nitrogen and oxygen atoms in total. The number of carbonyl (C=O) groups excluding carboxylic acids is 1. The Balaban J connectivity index is 1.57. The zero-order valence-corrected chi connectivity index (χ0v) is 14.8. The van der Waals surface area contributed by atoms with E-state index >= 15 is 0 Å². The Morgan fingerprint density at radius 3 is 2.80 bits per heavy atom. The van der Waals surface area contributed by atoms with Crippen LogP contribution >= 0.6 is 23.1 Å². The van der Waals surface area contributed by atoms with Gasteiger partial charge in [0.1, 0.15) is 0 Å². The fourth-order valence-electron chi connectivity index (χ4n) is 2.00. The normalized spacial score (nSPS) is 11.7. The molecule has 2 aromatic carbocycles. The van der Waals surface area contributed by atoms with Crippen molar-refractivity contribution in [2.45, 2.75) is 11.3 Å². The minimum Gasteiger partial charge on any atom is -0.272 e. The van der Waals surface area contributed by atoms with Crippen molar-refractivity contribution in [3.8, 4) is 0 Å². The smallest absolute Gasteiger partial charge is 0.250 e. The Bertz CT molecular complexity index is 923. The van der Waals surface area contributed by atoms with Crippen LogP contribution < -0.4 is 5.43 Å². The van der Waals surface area contributed by atoms with Crippen molar-refractivity contribution in [3.05, 3.63) is 59.7 Å². The molecule has 3 rings (SSSR count). The maximum atomic E-state index is 13.2. The van der Waals surface area contributed by atoms with Gasteiger partial charge in [-0.1, -0.05) is 23.9 Å². The molecule has 0 bridgehead atoms. The van der Waals surface area contributed by atoms with Gasteiger partial charge in [0, 0.05) is 5.56 Å². The van der Waals surface area contributed by atoms with E-state index in [0.717, 1.165) is 26.7 Å². The van der Waals surface area contributed by atoms with E-state index in [9.17, 15) is 13.6 Å². The number of amides is 1. The van der Waals surface area contributed by atoms with E-state index in [1.165, 1.54) is 29.2 Å². The molecule has 1 aromatic heterocycles. The highest BCUT2D eigenvalue weighted by Gasteiger charge is 2.08. The third-order valence-electron chi connectivity index (χ3n) is 3.29. The van der Waals surface area contributed by atoms with Gasteiger partial charge in [0.05, 0.1) is 21.7 Å². The van der Waals surface area contributed by atoms with Crippen LogP contribution in [0.3, 0.4) is 0 Å². The first-order valence-corrected chi connectivity index (χ1v) is 9.10. The number of hydrogen-bond acceptors (Lipinski definition) is 5. The van der Waals surface area contributed by atoms with Crippen LogP contribution in [0.25, 0.3) is 10.2 Å². The van der Waals surface area contributed by atoms with E-state index < -0.39 is 11.6 Å². The predicted octanol–water partition coefficient (Wildman–Crippen LogP) is 4.21. The first-order chi connectivity index (χ1) is 12.0. The summed E-state index contributed by atoms with van der Waals surface area (Å²) in [5, 5.41) is 3.92. The van der Waals surface area contributed by atoms with Crippen LogP contribution in [0.15, 0.2) is 51.9 Å². The summed E-state index contributed by atoms with van der Waals surface area (Å²) in [4.78, 5) is 16.3. The second kappa shape index (κ2) is 7.71. The fraction of sp³-hybridized carbons (Fsp3) is 0.118. The number of halogens is 2. The van der Waals surface area contributed by atoms with Crippen LogP contribution in [-0.4, -0.2) is 22.4 Å². The number of thiazole rings is 1. The zero-order chi connectivity index (χ0) is 17.8. The van der Waals surface area contributed by atoms with Gasteiger partial charge in [-0.2, -0.15) is 5.10 Å². The number of hydrogen-bond donors (Lipinski definition) is 1. The molecule has 0 saturated carbocycles. The number of fused-ring (bicyclic) bond motifs is 1. The molecule has 25 heavy (non-hydrogen) atoms. The van der Waals surface area contributed by atoms with Crippen LogP contribution in [0.2, 0.25) is 0 Å². The van der Waals surface area contributed by atoms with Crippen molar-refractivity contribution >= 4 is 44.9 Å². The second-order valence-corrected chi connectivity index (χ2v) is 7.35. The van der Waals surface area contributed by atoms with Crippen LogP contribution in [0.4, 0.5) is 8.78 Å². The molecule has 0 atom stereocenters. The van der Waals surface area contributed by atoms with E-state index in [2.05, 4.69) is 15.5 Å². The van der Waals surface area contributed by atoms with Crippen LogP contribution in [-0.2, 0) is 4.79 Å². The topological polar surface area (TPSA) is 54.4 Å². The summed E-state index contributed by atoms with van der Waals surface area (Å²) < 4.78 is 28.0. The second-order valence-electron chi connectivity index (χ2n) is 5.10. The van der Waals surface area contributed by atoms with Crippen molar-refractivity contribution < 1.29 is 13.6 Å². The summed E-state index contributed by atoms with van der Waals surface area (Å²) in [5.74, 6) is -2.02. The summed E-state index contributed by atoms with van der Waals surface area (Å²) in [5.41, 5.74) is 4.10. The molecule has 128 valence electrons. The Morgan fingerprint density at radius 1 is 1.24 bits per heavy atom. The highest BCUT2D eigenvalue weighted by Crippen LogP contribution is 2.28. The predicted molar refractivity (Wildman–Crippen MR) is 97.1 cm³/mol. The van der Waals surface area contributed by atoms with E-state index in [1.54, 1.807) is 6.92 Å². The summed E-state index contributed by atoms with van der Waals surface area (Å²) in [6.07, 6.45) is 0. The Hall–Kier alpha value is -2.32. The molecule has 3 aromatic rings. The number of carbonyl (C=O) groups is 1. The lowest BCUT2D eigenvalue weighted by atomic mass is 10.1. The molecule has 0 spiro atoms. The average Bonchev–Trinajstić information content (AvgIpc) is 3.03. The maximum Gasteiger partial charge on any atom is 0.250 e. The maximum absolute atomic E-state index is 13.2. The highest BCUT2D eigenvalue weighted by atomic mass is 32.2. The Morgan fingerprint density at radius 2 is 2.04 bits per heavy atom. The van der Waals surface area contributed by atoms with Gasteiger partial charge < -0.3 is 0 Å². The van der Waals surface area contributed by atoms with Crippen LogP contribution in [0.5, 0.6) is 0 Å². The zero-order valence-electron chi connectivity index (χ0n) is 13.1. The number of hydrazone groups is 1. The molecule has 0 saturated heterocycles. The van der Waals surface area contributed by atoms with Crippen molar-refractivity contribution in [2.24, 2.45) is 5.10 Å². The number of aromatic nitrogens is 1. The fourth-order valence-corrected chi connectivity index (χ4v) is 3.87. The van der Waals surface area contributed by atoms with E-state index in [4.69, 9.17) is 0 Å². The van der Waals surface area contributed by atoms with Gasteiger partial charge in [-0.25, -0.2) is 19.2 Å². The molecule has 0 radical (unpaired) electrons. The SMILES string of the molecule is C/C(=N\NC(=O)CSc1nc2ccccc2s1)c1ccc(F)c(F)c1. The quantitative estimate of drug-likeness (QED) is 0.412. The van der Waals surface area contributed by atoms with Crippen molar-refractivity contribution in [3.63, 3.8) is 0 Å². The van der Waals surface area contributed by atoms with E-state index in [1.807, 2.05) is 24.3 Å². The number of thioether (sulfide) groups is 1. The van der Waals surface area contributed by atoms with Crippen molar-refractivity contribution in [1.29, 1.82) is 0 Å². The summed E-state index contributed by atoms with van der Waals surface area (Å²) in [6, 6.07) is 11.2. The molecule has 1 heterocycles. The van der Waals surface area contributed by atoms with Gasteiger partial charge in [0.2, 0.25) is 0 Å². The number of benzene rings is 2. The van der Waals surface area contributed by atoms with Crippen LogP contribution in [0, 0.1) is 11.6 Å². The Labute approximate surface area is 151 Å². The van der Waals surface area contributed by atoms with E-state index in [0.29, 0.717) is 11.3 Å². The minimum absolute atomic E-state index is 0.161. The largest absolute Gasteiger partial charge is 0.272 e. The lowest BCUT2D eigenvalue weighted by Gasteiger charge is -2.03. The number of nitrogens with zero attached hydrogens (tertiary/aromatic N) is 2.